The molecule has 0 aliphatic rings. The van der Waals surface area contributed by atoms with Crippen LogP contribution >= 0.6 is 0 Å². The van der Waals surface area contributed by atoms with Crippen molar-refractivity contribution in [1.82, 2.24) is 0 Å². The van der Waals surface area contributed by atoms with E-state index in [1.54, 1.807) is 0 Å². The van der Waals surface area contributed by atoms with Crippen LogP contribution in [0.15, 0.2) is 0 Å². The van der Waals surface area contributed by atoms with Gasteiger partial charge in [-0.05, 0) is 23.7 Å². The smallest absolute Gasteiger partial charge is 0.665 e. The number of nitrogens with zero attached hydrogens (tertiary/aromatic N) is 2. The van der Waals surface area contributed by atoms with Crippen molar-refractivity contribution in [3.8, 4) is 0 Å². The summed E-state index contributed by atoms with van der Waals surface area (Å²) in [4.78, 5) is 0. The zero-order valence-corrected chi connectivity index (χ0v) is 24.6. The third kappa shape index (κ3) is 44.7. The molecule has 0 bridgehead atoms. The van der Waals surface area contributed by atoms with Crippen LogP contribution < -0.4 is 37.7 Å². The molecule has 2 nitrogen and oxygen atoms in total. The zero-order valence-electron chi connectivity index (χ0n) is 24.6. The number of unbranched alkanes of at least 4 members (excludes halogenated alkanes) is 12. The fraction of sp³-hybridized carbons (Fsp3) is 1.00. The Hall–Kier alpha value is 1.11. The summed E-state index contributed by atoms with van der Waals surface area (Å²) in [6.45, 7) is 16.1. The van der Waals surface area contributed by atoms with Gasteiger partial charge in [-0.25, -0.2) is 0 Å². The summed E-state index contributed by atoms with van der Waals surface area (Å²) in [6.07, 6.45) is 22.3. The van der Waals surface area contributed by atoms with Gasteiger partial charge in [0.1, 0.15) is 0 Å². The zero-order chi connectivity index (χ0) is 23.1. The Bertz CT molecular complexity index is 290. The van der Waals surface area contributed by atoms with E-state index < -0.39 is 0 Å². The van der Waals surface area contributed by atoms with E-state index in [4.69, 9.17) is 0 Å². The summed E-state index contributed by atoms with van der Waals surface area (Å²) in [5.74, 6) is 0. The van der Waals surface area contributed by atoms with Crippen molar-refractivity contribution in [2.24, 2.45) is 10.8 Å². The van der Waals surface area contributed by atoms with Crippen LogP contribution in [0.5, 0.6) is 0 Å². The number of hydrogen-bond acceptors (Lipinski definition) is 0. The normalized spacial score (nSPS) is 11.2. The van der Waals surface area contributed by atoms with Crippen LogP contribution in [0.3, 0.4) is 0 Å². The largest absolute Gasteiger partial charge is 1.00 e. The van der Waals surface area contributed by atoms with E-state index >= 15 is 0 Å². The van der Waals surface area contributed by atoms with Crippen molar-refractivity contribution in [1.29, 1.82) is 0 Å². The molecule has 184 valence electrons. The van der Waals surface area contributed by atoms with E-state index in [0.717, 1.165) is 13.1 Å². The minimum Gasteiger partial charge on any atom is -0.665 e. The molecular weight excluding hydrogens is 378 g/mol. The third-order valence-electron chi connectivity index (χ3n) is 5.62. The first-order valence-electron chi connectivity index (χ1n) is 13.2. The number of hydrogen-bond donors (Lipinski definition) is 0. The first-order valence-corrected chi connectivity index (χ1v) is 13.2. The van der Waals surface area contributed by atoms with E-state index in [-0.39, 0.29) is 37.7 Å². The van der Waals surface area contributed by atoms with Crippen molar-refractivity contribution >= 4 is 0 Å². The second-order valence-corrected chi connectivity index (χ2v) is 11.7. The molecule has 0 amide bonds. The molecule has 0 saturated carbocycles. The van der Waals surface area contributed by atoms with Crippen LogP contribution in [0, 0.1) is 10.8 Å². The van der Waals surface area contributed by atoms with Crippen LogP contribution in [-0.2, 0) is 0 Å². The molecular formula is C28H60Li2N2. The maximum atomic E-state index is 4.11. The number of rotatable bonds is 18. The van der Waals surface area contributed by atoms with Crippen LogP contribution in [0.1, 0.15) is 144 Å². The van der Waals surface area contributed by atoms with E-state index in [2.05, 4.69) is 52.2 Å². The first-order chi connectivity index (χ1) is 14.1. The van der Waals surface area contributed by atoms with E-state index in [1.165, 1.54) is 103 Å². The summed E-state index contributed by atoms with van der Waals surface area (Å²) >= 11 is 0. The van der Waals surface area contributed by atoms with Gasteiger partial charge in [-0.15, -0.1) is 13.1 Å². The monoisotopic (exact) mass is 439 g/mol. The van der Waals surface area contributed by atoms with Gasteiger partial charge in [-0.2, -0.15) is 14.1 Å². The minimum atomic E-state index is 0. The third-order valence-corrected chi connectivity index (χ3v) is 5.62. The van der Waals surface area contributed by atoms with Crippen molar-refractivity contribution in [3.63, 3.8) is 0 Å². The molecule has 0 rings (SSSR count). The molecule has 0 radical (unpaired) electrons. The Morgan fingerprint density at radius 1 is 0.375 bits per heavy atom. The molecule has 0 saturated heterocycles. The standard InChI is InChI=1S/2C14H30N.2Li/c2*1-14(2,3)12-10-8-6-5-7-9-11-13-15-4;;/h2*5-13H2,1-4H3;;/q2*-1;2*+1. The van der Waals surface area contributed by atoms with Gasteiger partial charge >= 0.3 is 37.7 Å². The van der Waals surface area contributed by atoms with E-state index in [0.29, 0.717) is 10.8 Å². The summed E-state index contributed by atoms with van der Waals surface area (Å²) in [7, 11) is 3.82. The van der Waals surface area contributed by atoms with Gasteiger partial charge in [0.15, 0.2) is 0 Å². The predicted molar refractivity (Wildman–Crippen MR) is 141 cm³/mol. The quantitative estimate of drug-likeness (QED) is 0.225. The summed E-state index contributed by atoms with van der Waals surface area (Å²) in [5, 5.41) is 8.22. The van der Waals surface area contributed by atoms with Crippen molar-refractivity contribution in [2.75, 3.05) is 27.2 Å². The minimum absolute atomic E-state index is 0. The molecule has 0 aromatic heterocycles. The summed E-state index contributed by atoms with van der Waals surface area (Å²) < 4.78 is 0. The van der Waals surface area contributed by atoms with Crippen LogP contribution in [0.25, 0.3) is 10.6 Å². The van der Waals surface area contributed by atoms with Gasteiger partial charge in [0.25, 0.3) is 0 Å². The molecule has 0 N–H and O–H groups in total. The SMILES string of the molecule is C[N-]CCCCCCCCCC(C)(C)C.C[N-]CCCCCCCCCC(C)(C)C.[Li+].[Li+]. The first kappa shape index (κ1) is 40.3. The molecule has 0 heterocycles. The van der Waals surface area contributed by atoms with Crippen molar-refractivity contribution in [2.45, 2.75) is 144 Å². The summed E-state index contributed by atoms with van der Waals surface area (Å²) in [6, 6.07) is 0. The predicted octanol–water partition coefficient (Wildman–Crippen LogP) is 4.32. The second kappa shape index (κ2) is 28.4. The summed E-state index contributed by atoms with van der Waals surface area (Å²) in [5.41, 5.74) is 1.06. The molecule has 4 heteroatoms. The molecule has 0 unspecified atom stereocenters. The van der Waals surface area contributed by atoms with Crippen molar-refractivity contribution < 1.29 is 37.7 Å². The van der Waals surface area contributed by atoms with E-state index in [1.807, 2.05) is 14.1 Å². The Balaban J connectivity index is -0.000000231. The van der Waals surface area contributed by atoms with Gasteiger partial charge in [-0.3, -0.25) is 0 Å². The van der Waals surface area contributed by atoms with Gasteiger partial charge in [0.05, 0.1) is 0 Å². The molecule has 0 spiro atoms. The van der Waals surface area contributed by atoms with Gasteiger partial charge in [-0.1, -0.05) is 131 Å². The molecule has 0 aromatic carbocycles. The Kier molecular flexibility index (Phi) is 35.7. The van der Waals surface area contributed by atoms with Gasteiger partial charge in [0.2, 0.25) is 0 Å². The maximum Gasteiger partial charge on any atom is 1.00 e. The molecule has 0 atom stereocenters. The Labute approximate surface area is 229 Å². The topological polar surface area (TPSA) is 28.2 Å². The van der Waals surface area contributed by atoms with Crippen LogP contribution in [0.2, 0.25) is 0 Å². The van der Waals surface area contributed by atoms with Crippen LogP contribution in [-0.4, -0.2) is 27.2 Å². The van der Waals surface area contributed by atoms with Gasteiger partial charge < -0.3 is 10.6 Å². The fourth-order valence-corrected chi connectivity index (χ4v) is 3.62. The molecule has 0 fully saturated rings. The van der Waals surface area contributed by atoms with Crippen molar-refractivity contribution in [3.05, 3.63) is 10.6 Å². The molecule has 0 aliphatic heterocycles. The van der Waals surface area contributed by atoms with Gasteiger partial charge in [0, 0.05) is 0 Å². The molecule has 0 aliphatic carbocycles. The fourth-order valence-electron chi connectivity index (χ4n) is 3.62. The maximum absolute atomic E-state index is 4.11. The Morgan fingerprint density at radius 3 is 0.812 bits per heavy atom. The second-order valence-electron chi connectivity index (χ2n) is 11.7. The molecule has 0 aromatic rings. The van der Waals surface area contributed by atoms with Crippen LogP contribution in [0.4, 0.5) is 0 Å². The van der Waals surface area contributed by atoms with E-state index in [9.17, 15) is 0 Å². The average Bonchev–Trinajstić information content (AvgIpc) is 2.64. The molecule has 32 heavy (non-hydrogen) atoms. The average molecular weight is 439 g/mol. The Morgan fingerprint density at radius 2 is 0.594 bits per heavy atom.